The molecule has 2 aromatic carbocycles. The summed E-state index contributed by atoms with van der Waals surface area (Å²) in [7, 11) is -3.78. The number of nitrogens with one attached hydrogen (secondary N) is 1. The lowest BCUT2D eigenvalue weighted by Gasteiger charge is -2.28. The molecule has 166 valence electrons. The van der Waals surface area contributed by atoms with Crippen molar-refractivity contribution in [2.45, 2.75) is 31.2 Å². The van der Waals surface area contributed by atoms with Gasteiger partial charge in [0.1, 0.15) is 9.77 Å². The van der Waals surface area contributed by atoms with Crippen molar-refractivity contribution in [3.05, 3.63) is 75.5 Å². The average Bonchev–Trinajstić information content (AvgIpc) is 3.46. The quantitative estimate of drug-likeness (QED) is 0.613. The number of benzene rings is 2. The highest BCUT2D eigenvalue weighted by molar-refractivity contribution is 7.89. The van der Waals surface area contributed by atoms with Crippen molar-refractivity contribution in [3.63, 3.8) is 0 Å². The maximum absolute atomic E-state index is 13.4. The molecule has 0 spiro atoms. The van der Waals surface area contributed by atoms with E-state index < -0.39 is 15.9 Å². The Labute approximate surface area is 192 Å². The predicted octanol–water partition coefficient (Wildman–Crippen LogP) is 4.13. The summed E-state index contributed by atoms with van der Waals surface area (Å²) >= 11 is 1.16. The summed E-state index contributed by atoms with van der Waals surface area (Å²) in [6.07, 6.45) is 1.67. The minimum Gasteiger partial charge on any atom is -0.371 e. The van der Waals surface area contributed by atoms with Crippen molar-refractivity contribution in [3.8, 4) is 0 Å². The van der Waals surface area contributed by atoms with Gasteiger partial charge in [0.15, 0.2) is 0 Å². The molecule has 1 aromatic heterocycles. The van der Waals surface area contributed by atoms with E-state index in [1.165, 1.54) is 21.5 Å². The number of anilines is 2. The van der Waals surface area contributed by atoms with Crippen LogP contribution in [0.15, 0.2) is 58.8 Å². The zero-order valence-corrected chi connectivity index (χ0v) is 19.5. The molecule has 0 unspecified atom stereocenters. The maximum Gasteiger partial charge on any atom is 0.267 e. The summed E-state index contributed by atoms with van der Waals surface area (Å²) < 4.78 is 28.3. The SMILES string of the molecule is CCN1CCc2ccc(NC(=O)c3sccc3S(=O)(=O)N3CCc4ccccc4C3)cc21. The van der Waals surface area contributed by atoms with Gasteiger partial charge in [0.05, 0.1) is 0 Å². The Bertz CT molecular complexity index is 1280. The van der Waals surface area contributed by atoms with E-state index in [9.17, 15) is 13.2 Å². The molecular weight excluding hydrogens is 442 g/mol. The Morgan fingerprint density at radius 1 is 1.03 bits per heavy atom. The van der Waals surface area contributed by atoms with Crippen LogP contribution < -0.4 is 10.2 Å². The van der Waals surface area contributed by atoms with E-state index in [2.05, 4.69) is 17.1 Å². The molecule has 3 heterocycles. The van der Waals surface area contributed by atoms with Crippen LogP contribution in [-0.4, -0.2) is 38.3 Å². The lowest BCUT2D eigenvalue weighted by Crippen LogP contribution is -2.36. The molecule has 2 aliphatic heterocycles. The van der Waals surface area contributed by atoms with Gasteiger partial charge in [-0.25, -0.2) is 8.42 Å². The number of carbonyl (C=O) groups excluding carboxylic acids is 1. The number of carbonyl (C=O) groups is 1. The first-order valence-electron chi connectivity index (χ1n) is 10.8. The zero-order valence-electron chi connectivity index (χ0n) is 17.9. The van der Waals surface area contributed by atoms with Gasteiger partial charge in [0.25, 0.3) is 5.91 Å². The first kappa shape index (κ1) is 21.2. The van der Waals surface area contributed by atoms with Crippen LogP contribution >= 0.6 is 11.3 Å². The third kappa shape index (κ3) is 3.72. The number of sulfonamides is 1. The highest BCUT2D eigenvalue weighted by Crippen LogP contribution is 2.32. The second kappa shape index (κ2) is 8.35. The number of thiophene rings is 1. The Balaban J connectivity index is 1.38. The van der Waals surface area contributed by atoms with E-state index in [1.54, 1.807) is 5.38 Å². The van der Waals surface area contributed by atoms with Crippen LogP contribution in [0.2, 0.25) is 0 Å². The van der Waals surface area contributed by atoms with E-state index in [0.29, 0.717) is 25.2 Å². The van der Waals surface area contributed by atoms with Crippen LogP contribution in [0.3, 0.4) is 0 Å². The Kier molecular flexibility index (Phi) is 5.53. The highest BCUT2D eigenvalue weighted by atomic mass is 32.2. The van der Waals surface area contributed by atoms with Crippen LogP contribution in [0.5, 0.6) is 0 Å². The van der Waals surface area contributed by atoms with E-state index in [-0.39, 0.29) is 9.77 Å². The molecule has 8 heteroatoms. The molecule has 0 saturated carbocycles. The van der Waals surface area contributed by atoms with Gasteiger partial charge in [0.2, 0.25) is 10.0 Å². The summed E-state index contributed by atoms with van der Waals surface area (Å²) in [6, 6.07) is 15.4. The molecule has 0 atom stereocenters. The van der Waals surface area contributed by atoms with Crippen LogP contribution in [0.4, 0.5) is 11.4 Å². The van der Waals surface area contributed by atoms with E-state index in [0.717, 1.165) is 42.1 Å². The number of nitrogens with zero attached hydrogens (tertiary/aromatic N) is 2. The molecule has 1 amide bonds. The average molecular weight is 468 g/mol. The predicted molar refractivity (Wildman–Crippen MR) is 128 cm³/mol. The minimum atomic E-state index is -3.78. The molecule has 2 aliphatic rings. The number of likely N-dealkylation sites (N-methyl/N-ethyl adjacent to an activating group) is 1. The first-order valence-corrected chi connectivity index (χ1v) is 13.1. The van der Waals surface area contributed by atoms with Crippen LogP contribution in [0.25, 0.3) is 0 Å². The minimum absolute atomic E-state index is 0.0794. The topological polar surface area (TPSA) is 69.7 Å². The number of hydrogen-bond donors (Lipinski definition) is 1. The van der Waals surface area contributed by atoms with Gasteiger partial charge in [-0.3, -0.25) is 4.79 Å². The lowest BCUT2D eigenvalue weighted by atomic mass is 10.0. The molecular formula is C24H25N3O3S2. The number of hydrogen-bond acceptors (Lipinski definition) is 5. The Morgan fingerprint density at radius 3 is 2.62 bits per heavy atom. The van der Waals surface area contributed by atoms with Crippen molar-refractivity contribution >= 4 is 38.6 Å². The van der Waals surface area contributed by atoms with Crippen molar-refractivity contribution in [2.75, 3.05) is 29.9 Å². The summed E-state index contributed by atoms with van der Waals surface area (Å²) in [6.45, 7) is 4.75. The molecule has 0 saturated heterocycles. The number of fused-ring (bicyclic) bond motifs is 2. The summed E-state index contributed by atoms with van der Waals surface area (Å²) in [4.78, 5) is 15.7. The van der Waals surface area contributed by atoms with Crippen molar-refractivity contribution in [1.82, 2.24) is 4.31 Å². The second-order valence-electron chi connectivity index (χ2n) is 8.10. The molecule has 0 fully saturated rings. The molecule has 5 rings (SSSR count). The normalized spacial score (nSPS) is 16.0. The monoisotopic (exact) mass is 467 g/mol. The number of rotatable bonds is 5. The van der Waals surface area contributed by atoms with E-state index in [4.69, 9.17) is 0 Å². The van der Waals surface area contributed by atoms with Crippen molar-refractivity contribution in [2.24, 2.45) is 0 Å². The third-order valence-electron chi connectivity index (χ3n) is 6.27. The maximum atomic E-state index is 13.4. The smallest absolute Gasteiger partial charge is 0.267 e. The largest absolute Gasteiger partial charge is 0.371 e. The Hall–Kier alpha value is -2.68. The van der Waals surface area contributed by atoms with Gasteiger partial charge in [-0.05, 0) is 60.0 Å². The second-order valence-corrected chi connectivity index (χ2v) is 10.9. The van der Waals surface area contributed by atoms with Gasteiger partial charge in [-0.1, -0.05) is 30.3 Å². The van der Waals surface area contributed by atoms with Crippen LogP contribution in [0.1, 0.15) is 33.3 Å². The van der Waals surface area contributed by atoms with Gasteiger partial charge in [-0.2, -0.15) is 4.31 Å². The molecule has 0 aliphatic carbocycles. The van der Waals surface area contributed by atoms with E-state index >= 15 is 0 Å². The van der Waals surface area contributed by atoms with Crippen molar-refractivity contribution < 1.29 is 13.2 Å². The Morgan fingerprint density at radius 2 is 1.81 bits per heavy atom. The molecule has 0 bridgehead atoms. The molecule has 0 radical (unpaired) electrons. The summed E-state index contributed by atoms with van der Waals surface area (Å²) in [5.41, 5.74) is 5.28. The van der Waals surface area contributed by atoms with E-state index in [1.807, 2.05) is 42.5 Å². The molecule has 32 heavy (non-hydrogen) atoms. The number of amides is 1. The molecule has 6 nitrogen and oxygen atoms in total. The van der Waals surface area contributed by atoms with Crippen molar-refractivity contribution in [1.29, 1.82) is 0 Å². The van der Waals surface area contributed by atoms with Crippen LogP contribution in [-0.2, 0) is 29.4 Å². The zero-order chi connectivity index (χ0) is 22.3. The van der Waals surface area contributed by atoms with Gasteiger partial charge >= 0.3 is 0 Å². The molecule has 3 aromatic rings. The third-order valence-corrected chi connectivity index (χ3v) is 9.20. The fourth-order valence-corrected chi connectivity index (χ4v) is 7.23. The lowest BCUT2D eigenvalue weighted by molar-refractivity contribution is 0.102. The standard InChI is InChI=1S/C24H25N3O3S2/c1-2-26-12-9-18-7-8-20(15-21(18)26)25-24(28)23-22(11-14-31-23)32(29,30)27-13-10-17-5-3-4-6-19(17)16-27/h3-8,11,14-15H,2,9-10,12-13,16H2,1H3,(H,25,28). The van der Waals surface area contributed by atoms with Gasteiger partial charge in [0, 0.05) is 37.6 Å². The first-order chi connectivity index (χ1) is 15.5. The van der Waals surface area contributed by atoms with Crippen LogP contribution in [0, 0.1) is 0 Å². The van der Waals surface area contributed by atoms with Gasteiger partial charge in [-0.15, -0.1) is 11.3 Å². The summed E-state index contributed by atoms with van der Waals surface area (Å²) in [5, 5.41) is 4.58. The highest BCUT2D eigenvalue weighted by Gasteiger charge is 2.32. The summed E-state index contributed by atoms with van der Waals surface area (Å²) in [5.74, 6) is -0.392. The fourth-order valence-electron chi connectivity index (χ4n) is 4.52. The van der Waals surface area contributed by atoms with Gasteiger partial charge < -0.3 is 10.2 Å². The fraction of sp³-hybridized carbons (Fsp3) is 0.292. The molecule has 1 N–H and O–H groups in total.